The van der Waals surface area contributed by atoms with Gasteiger partial charge in [-0.2, -0.15) is 4.98 Å². The highest BCUT2D eigenvalue weighted by Crippen LogP contribution is 2.23. The number of aromatic carboxylic acids is 1. The quantitative estimate of drug-likeness (QED) is 0.747. The van der Waals surface area contributed by atoms with Gasteiger partial charge in [0.05, 0.1) is 11.1 Å². The zero-order valence-electron chi connectivity index (χ0n) is 8.80. The van der Waals surface area contributed by atoms with Gasteiger partial charge in [0.2, 0.25) is 0 Å². The van der Waals surface area contributed by atoms with Crippen molar-refractivity contribution < 1.29 is 9.90 Å². The molecular formula is C11H9N3O3. The van der Waals surface area contributed by atoms with Crippen LogP contribution in [0.25, 0.3) is 10.9 Å². The molecule has 0 unspecified atom stereocenters. The molecule has 1 aliphatic rings. The van der Waals surface area contributed by atoms with Crippen molar-refractivity contribution in [3.63, 3.8) is 0 Å². The maximum absolute atomic E-state index is 11.7. The first-order valence-electron chi connectivity index (χ1n) is 5.18. The van der Waals surface area contributed by atoms with Crippen LogP contribution >= 0.6 is 0 Å². The Morgan fingerprint density at radius 1 is 1.47 bits per heavy atom. The third kappa shape index (κ3) is 1.37. The summed E-state index contributed by atoms with van der Waals surface area (Å²) in [4.78, 5) is 26.4. The number of rotatable bonds is 1. The molecule has 2 aromatic rings. The minimum Gasteiger partial charge on any atom is -0.478 e. The molecule has 0 spiro atoms. The Hall–Kier alpha value is -2.37. The first kappa shape index (κ1) is 9.83. The van der Waals surface area contributed by atoms with Crippen LogP contribution in [0, 0.1) is 0 Å². The maximum atomic E-state index is 11.7. The van der Waals surface area contributed by atoms with Gasteiger partial charge in [0.25, 0.3) is 0 Å². The van der Waals surface area contributed by atoms with E-state index in [1.807, 2.05) is 0 Å². The molecular weight excluding hydrogens is 222 g/mol. The summed E-state index contributed by atoms with van der Waals surface area (Å²) >= 11 is 0. The van der Waals surface area contributed by atoms with E-state index in [1.54, 1.807) is 10.6 Å². The molecule has 0 fully saturated rings. The molecule has 6 heteroatoms. The zero-order valence-corrected chi connectivity index (χ0v) is 8.80. The van der Waals surface area contributed by atoms with Crippen molar-refractivity contribution in [2.24, 2.45) is 0 Å². The number of nitrogens with zero attached hydrogens (tertiary/aromatic N) is 2. The fourth-order valence-corrected chi connectivity index (χ4v) is 2.05. The van der Waals surface area contributed by atoms with E-state index in [-0.39, 0.29) is 11.3 Å². The zero-order chi connectivity index (χ0) is 12.0. The normalized spacial score (nSPS) is 13.4. The lowest BCUT2D eigenvalue weighted by Gasteiger charge is -2.06. The van der Waals surface area contributed by atoms with Crippen LogP contribution in [0.1, 0.15) is 10.4 Å². The Bertz CT molecular complexity index is 690. The van der Waals surface area contributed by atoms with Gasteiger partial charge in [-0.25, -0.2) is 9.59 Å². The van der Waals surface area contributed by atoms with E-state index in [0.29, 0.717) is 18.6 Å². The van der Waals surface area contributed by atoms with Gasteiger partial charge in [0, 0.05) is 18.5 Å². The highest BCUT2D eigenvalue weighted by Gasteiger charge is 2.16. The maximum Gasteiger partial charge on any atom is 0.349 e. The number of hydrogen-bond acceptors (Lipinski definition) is 4. The van der Waals surface area contributed by atoms with Crippen LogP contribution in [-0.2, 0) is 6.54 Å². The highest BCUT2D eigenvalue weighted by atomic mass is 16.4. The molecule has 2 N–H and O–H groups in total. The summed E-state index contributed by atoms with van der Waals surface area (Å²) in [6, 6.07) is 4.60. The minimum absolute atomic E-state index is 0.132. The van der Waals surface area contributed by atoms with Crippen LogP contribution in [-0.4, -0.2) is 27.2 Å². The number of carbonyl (C=O) groups is 1. The Morgan fingerprint density at radius 2 is 2.29 bits per heavy atom. The molecule has 0 saturated carbocycles. The standard InChI is InChI=1S/C11H9N3O3/c15-10(16)6-1-2-7-8(5-6)13-11(17)14-4-3-12-9(7)14/h1-2,5,12H,3-4H2,(H,15,16). The summed E-state index contributed by atoms with van der Waals surface area (Å²) in [6.45, 7) is 1.29. The van der Waals surface area contributed by atoms with Crippen molar-refractivity contribution in [3.05, 3.63) is 34.2 Å². The van der Waals surface area contributed by atoms with Gasteiger partial charge < -0.3 is 10.4 Å². The van der Waals surface area contributed by atoms with Crippen LogP contribution in [0.2, 0.25) is 0 Å². The van der Waals surface area contributed by atoms with Crippen molar-refractivity contribution in [1.82, 2.24) is 9.55 Å². The molecule has 0 bridgehead atoms. The molecule has 6 nitrogen and oxygen atoms in total. The molecule has 0 atom stereocenters. The van der Waals surface area contributed by atoms with Gasteiger partial charge in [-0.1, -0.05) is 0 Å². The SMILES string of the molecule is O=C(O)c1ccc2c3n(c(=O)nc2c1)CCN3. The Morgan fingerprint density at radius 3 is 3.06 bits per heavy atom. The van der Waals surface area contributed by atoms with Crippen LogP contribution < -0.4 is 11.0 Å². The molecule has 1 aromatic carbocycles. The number of carboxylic acid groups (broad SMARTS) is 1. The number of aromatic nitrogens is 2. The van der Waals surface area contributed by atoms with Crippen molar-refractivity contribution in [3.8, 4) is 0 Å². The van der Waals surface area contributed by atoms with Crippen LogP contribution in [0.4, 0.5) is 5.82 Å². The van der Waals surface area contributed by atoms with Crippen LogP contribution in [0.15, 0.2) is 23.0 Å². The lowest BCUT2D eigenvalue weighted by Crippen LogP contribution is -2.20. The van der Waals surface area contributed by atoms with E-state index in [4.69, 9.17) is 5.11 Å². The Kier molecular flexibility index (Phi) is 1.91. The van der Waals surface area contributed by atoms with E-state index in [2.05, 4.69) is 10.3 Å². The lowest BCUT2D eigenvalue weighted by molar-refractivity contribution is 0.0697. The second-order valence-corrected chi connectivity index (χ2v) is 3.86. The fraction of sp³-hybridized carbons (Fsp3) is 0.182. The third-order valence-electron chi connectivity index (χ3n) is 2.84. The van der Waals surface area contributed by atoms with E-state index >= 15 is 0 Å². The largest absolute Gasteiger partial charge is 0.478 e. The van der Waals surface area contributed by atoms with Crippen molar-refractivity contribution in [2.75, 3.05) is 11.9 Å². The Balaban J connectivity index is 2.37. The lowest BCUT2D eigenvalue weighted by atomic mass is 10.1. The summed E-state index contributed by atoms with van der Waals surface area (Å²) < 4.78 is 1.56. The first-order valence-corrected chi connectivity index (χ1v) is 5.18. The monoisotopic (exact) mass is 231 g/mol. The van der Waals surface area contributed by atoms with Gasteiger partial charge >= 0.3 is 11.7 Å². The molecule has 0 radical (unpaired) electrons. The van der Waals surface area contributed by atoms with E-state index in [9.17, 15) is 9.59 Å². The Labute approximate surface area is 95.5 Å². The van der Waals surface area contributed by atoms with Gasteiger partial charge in [-0.15, -0.1) is 0 Å². The summed E-state index contributed by atoms with van der Waals surface area (Å²) in [7, 11) is 0. The average molecular weight is 231 g/mol. The predicted octanol–water partition coefficient (Wildman–Crippen LogP) is 0.520. The van der Waals surface area contributed by atoms with E-state index < -0.39 is 5.97 Å². The molecule has 1 aliphatic heterocycles. The van der Waals surface area contributed by atoms with E-state index in [0.717, 1.165) is 11.2 Å². The number of hydrogen-bond donors (Lipinski definition) is 2. The molecule has 1 aromatic heterocycles. The fourth-order valence-electron chi connectivity index (χ4n) is 2.05. The number of benzene rings is 1. The number of nitrogens with one attached hydrogen (secondary N) is 1. The van der Waals surface area contributed by atoms with Crippen molar-refractivity contribution in [2.45, 2.75) is 6.54 Å². The second kappa shape index (κ2) is 3.31. The molecule has 3 rings (SSSR count). The molecule has 86 valence electrons. The molecule has 0 amide bonds. The summed E-state index contributed by atoms with van der Waals surface area (Å²) in [5.41, 5.74) is 0.197. The summed E-state index contributed by atoms with van der Waals surface area (Å²) in [6.07, 6.45) is 0. The molecule has 17 heavy (non-hydrogen) atoms. The topological polar surface area (TPSA) is 84.2 Å². The van der Waals surface area contributed by atoms with E-state index in [1.165, 1.54) is 12.1 Å². The highest BCUT2D eigenvalue weighted by molar-refractivity contribution is 5.96. The summed E-state index contributed by atoms with van der Waals surface area (Å²) in [5, 5.41) is 12.8. The van der Waals surface area contributed by atoms with Crippen LogP contribution in [0.5, 0.6) is 0 Å². The second-order valence-electron chi connectivity index (χ2n) is 3.86. The molecule has 0 aliphatic carbocycles. The van der Waals surface area contributed by atoms with Gasteiger partial charge in [0.1, 0.15) is 5.82 Å². The van der Waals surface area contributed by atoms with Gasteiger partial charge in [0.15, 0.2) is 0 Å². The predicted molar refractivity (Wildman–Crippen MR) is 61.5 cm³/mol. The average Bonchev–Trinajstić information content (AvgIpc) is 2.78. The molecule has 0 saturated heterocycles. The summed E-state index contributed by atoms with van der Waals surface area (Å²) in [5.74, 6) is -0.306. The van der Waals surface area contributed by atoms with Crippen molar-refractivity contribution >= 4 is 22.7 Å². The van der Waals surface area contributed by atoms with Crippen LogP contribution in [0.3, 0.4) is 0 Å². The smallest absolute Gasteiger partial charge is 0.349 e. The van der Waals surface area contributed by atoms with Gasteiger partial charge in [-0.05, 0) is 18.2 Å². The minimum atomic E-state index is -1.03. The first-order chi connectivity index (χ1) is 8.16. The number of carboxylic acids is 1. The number of fused-ring (bicyclic) bond motifs is 3. The third-order valence-corrected chi connectivity index (χ3v) is 2.84. The number of anilines is 1. The van der Waals surface area contributed by atoms with Crippen molar-refractivity contribution in [1.29, 1.82) is 0 Å². The molecule has 2 heterocycles. The van der Waals surface area contributed by atoms with Gasteiger partial charge in [-0.3, -0.25) is 4.57 Å².